The van der Waals surface area contributed by atoms with E-state index in [0.29, 0.717) is 44.0 Å². The number of furan rings is 1. The Morgan fingerprint density at radius 3 is 2.61 bits per heavy atom. The minimum atomic E-state index is -0.303. The highest BCUT2D eigenvalue weighted by Gasteiger charge is 2.21. The van der Waals surface area contributed by atoms with E-state index in [4.69, 9.17) is 4.42 Å². The summed E-state index contributed by atoms with van der Waals surface area (Å²) in [6.45, 7) is 1.41. The molecule has 2 amide bonds. The molecule has 2 aromatic rings. The maximum Gasteiger partial charge on any atom is 0.317 e. The average molecular weight is 318 g/mol. The van der Waals surface area contributed by atoms with Crippen molar-refractivity contribution in [2.45, 2.75) is 25.5 Å². The van der Waals surface area contributed by atoms with Gasteiger partial charge in [0.05, 0.1) is 12.6 Å². The van der Waals surface area contributed by atoms with E-state index in [2.05, 4.69) is 5.32 Å². The Hall–Kier alpha value is -2.34. The summed E-state index contributed by atoms with van der Waals surface area (Å²) in [5.41, 5.74) is 0.786. The van der Waals surface area contributed by atoms with Crippen LogP contribution < -0.4 is 5.32 Å². The van der Waals surface area contributed by atoms with Gasteiger partial charge >= 0.3 is 6.03 Å². The quantitative estimate of drug-likeness (QED) is 0.914. The second-order valence-corrected chi connectivity index (χ2v) is 5.65. The molecule has 6 heteroatoms. The summed E-state index contributed by atoms with van der Waals surface area (Å²) in [7, 11) is 0. The predicted molar refractivity (Wildman–Crippen MR) is 83.2 cm³/mol. The van der Waals surface area contributed by atoms with Crippen molar-refractivity contribution in [1.82, 2.24) is 10.2 Å². The Morgan fingerprint density at radius 2 is 1.91 bits per heavy atom. The van der Waals surface area contributed by atoms with Crippen molar-refractivity contribution in [2.75, 3.05) is 13.1 Å². The summed E-state index contributed by atoms with van der Waals surface area (Å²) in [5, 5.41) is 12.3. The van der Waals surface area contributed by atoms with Gasteiger partial charge < -0.3 is 19.7 Å². The number of carbonyl (C=O) groups is 1. The fourth-order valence-corrected chi connectivity index (χ4v) is 2.59. The number of nitrogens with zero attached hydrogens (tertiary/aromatic N) is 1. The van der Waals surface area contributed by atoms with E-state index in [9.17, 15) is 14.3 Å². The molecule has 1 fully saturated rings. The summed E-state index contributed by atoms with van der Waals surface area (Å²) < 4.78 is 18.6. The van der Waals surface area contributed by atoms with Crippen molar-refractivity contribution >= 4 is 6.03 Å². The number of rotatable bonds is 3. The van der Waals surface area contributed by atoms with Crippen LogP contribution in [0.25, 0.3) is 11.3 Å². The number of aliphatic hydroxyl groups is 1. The smallest absolute Gasteiger partial charge is 0.317 e. The van der Waals surface area contributed by atoms with Gasteiger partial charge in [-0.3, -0.25) is 0 Å². The number of amides is 2. The second kappa shape index (κ2) is 6.83. The molecule has 23 heavy (non-hydrogen) atoms. The highest BCUT2D eigenvalue weighted by molar-refractivity contribution is 5.74. The lowest BCUT2D eigenvalue weighted by Crippen LogP contribution is -2.45. The molecule has 0 bridgehead atoms. The molecule has 0 spiro atoms. The molecule has 0 saturated carbocycles. The molecule has 2 heterocycles. The van der Waals surface area contributed by atoms with E-state index in [1.807, 2.05) is 0 Å². The number of aliphatic hydroxyl groups excluding tert-OH is 1. The molecule has 1 aromatic carbocycles. The van der Waals surface area contributed by atoms with Crippen LogP contribution in [0, 0.1) is 5.82 Å². The van der Waals surface area contributed by atoms with Crippen LogP contribution in [0.3, 0.4) is 0 Å². The largest absolute Gasteiger partial charge is 0.459 e. The molecule has 5 nitrogen and oxygen atoms in total. The molecule has 0 unspecified atom stereocenters. The lowest BCUT2D eigenvalue weighted by Gasteiger charge is -2.29. The van der Waals surface area contributed by atoms with Gasteiger partial charge in [-0.2, -0.15) is 0 Å². The Balaban J connectivity index is 1.55. The van der Waals surface area contributed by atoms with Crippen molar-refractivity contribution in [1.29, 1.82) is 0 Å². The van der Waals surface area contributed by atoms with Gasteiger partial charge in [-0.25, -0.2) is 9.18 Å². The normalized spacial score (nSPS) is 15.7. The molecular formula is C17H19FN2O3. The van der Waals surface area contributed by atoms with Gasteiger partial charge in [-0.05, 0) is 49.2 Å². The first kappa shape index (κ1) is 15.6. The number of likely N-dealkylation sites (tertiary alicyclic amines) is 1. The van der Waals surface area contributed by atoms with Gasteiger partial charge in [0, 0.05) is 18.7 Å². The van der Waals surface area contributed by atoms with E-state index >= 15 is 0 Å². The van der Waals surface area contributed by atoms with Gasteiger partial charge in [0.25, 0.3) is 0 Å². The van der Waals surface area contributed by atoms with Crippen LogP contribution in [0.2, 0.25) is 0 Å². The number of halogens is 1. The van der Waals surface area contributed by atoms with Crippen LogP contribution in [-0.2, 0) is 6.54 Å². The van der Waals surface area contributed by atoms with Crippen LogP contribution >= 0.6 is 0 Å². The zero-order chi connectivity index (χ0) is 16.2. The van der Waals surface area contributed by atoms with Crippen molar-refractivity contribution in [2.24, 2.45) is 0 Å². The summed E-state index contributed by atoms with van der Waals surface area (Å²) in [6.07, 6.45) is 0.925. The molecule has 122 valence electrons. The third-order valence-corrected chi connectivity index (χ3v) is 3.96. The first-order chi connectivity index (χ1) is 11.1. The topological polar surface area (TPSA) is 65.7 Å². The van der Waals surface area contributed by atoms with E-state index in [1.165, 1.54) is 12.1 Å². The predicted octanol–water partition coefficient (Wildman–Crippen LogP) is 2.75. The molecule has 1 aliphatic rings. The zero-order valence-corrected chi connectivity index (χ0v) is 12.7. The average Bonchev–Trinajstić information content (AvgIpc) is 3.03. The number of carbonyl (C=O) groups excluding carboxylic acids is 1. The second-order valence-electron chi connectivity index (χ2n) is 5.65. The molecule has 2 N–H and O–H groups in total. The van der Waals surface area contributed by atoms with Crippen LogP contribution in [0.5, 0.6) is 0 Å². The lowest BCUT2D eigenvalue weighted by molar-refractivity contribution is 0.0934. The molecule has 1 saturated heterocycles. The van der Waals surface area contributed by atoms with E-state index in [1.54, 1.807) is 29.2 Å². The van der Waals surface area contributed by atoms with Gasteiger partial charge in [0.2, 0.25) is 0 Å². The molecule has 3 rings (SSSR count). The molecule has 0 atom stereocenters. The summed E-state index contributed by atoms with van der Waals surface area (Å²) in [6, 6.07) is 9.49. The van der Waals surface area contributed by atoms with Crippen molar-refractivity contribution < 1.29 is 18.7 Å². The summed E-state index contributed by atoms with van der Waals surface area (Å²) in [5.74, 6) is 0.976. The van der Waals surface area contributed by atoms with E-state index < -0.39 is 0 Å². The summed E-state index contributed by atoms with van der Waals surface area (Å²) in [4.78, 5) is 13.7. The van der Waals surface area contributed by atoms with Crippen molar-refractivity contribution in [3.8, 4) is 11.3 Å². The van der Waals surface area contributed by atoms with E-state index in [0.717, 1.165) is 5.56 Å². The first-order valence-electron chi connectivity index (χ1n) is 7.67. The Kier molecular flexibility index (Phi) is 4.62. The molecule has 0 radical (unpaired) electrons. The van der Waals surface area contributed by atoms with Crippen LogP contribution in [0.4, 0.5) is 9.18 Å². The lowest BCUT2D eigenvalue weighted by atomic mass is 10.1. The Morgan fingerprint density at radius 1 is 1.22 bits per heavy atom. The standard InChI is InChI=1S/C17H19FN2O3/c18-13-3-1-12(2-4-13)16-6-5-15(23-16)11-19-17(22)20-9-7-14(21)8-10-20/h1-6,14,21H,7-11H2,(H,19,22). The molecule has 1 aromatic heterocycles. The number of hydrogen-bond acceptors (Lipinski definition) is 3. The number of urea groups is 1. The SMILES string of the molecule is O=C(NCc1ccc(-c2ccc(F)cc2)o1)N1CCC(O)CC1. The highest BCUT2D eigenvalue weighted by Crippen LogP contribution is 2.22. The minimum Gasteiger partial charge on any atom is -0.459 e. The fourth-order valence-electron chi connectivity index (χ4n) is 2.59. The molecule has 0 aliphatic carbocycles. The van der Waals surface area contributed by atoms with Gasteiger partial charge in [-0.1, -0.05) is 0 Å². The van der Waals surface area contributed by atoms with Crippen LogP contribution in [0.1, 0.15) is 18.6 Å². The maximum absolute atomic E-state index is 12.9. The fraction of sp³-hybridized carbons (Fsp3) is 0.353. The van der Waals surface area contributed by atoms with Gasteiger partial charge in [0.15, 0.2) is 0 Å². The minimum absolute atomic E-state index is 0.156. The third kappa shape index (κ3) is 3.90. The van der Waals surface area contributed by atoms with Gasteiger partial charge in [0.1, 0.15) is 17.3 Å². The van der Waals surface area contributed by atoms with Crippen molar-refractivity contribution in [3.05, 3.63) is 48.0 Å². The number of benzene rings is 1. The summed E-state index contributed by atoms with van der Waals surface area (Å²) >= 11 is 0. The van der Waals surface area contributed by atoms with Crippen LogP contribution in [-0.4, -0.2) is 35.2 Å². The van der Waals surface area contributed by atoms with Gasteiger partial charge in [-0.15, -0.1) is 0 Å². The zero-order valence-electron chi connectivity index (χ0n) is 12.7. The third-order valence-electron chi connectivity index (χ3n) is 3.96. The number of hydrogen-bond donors (Lipinski definition) is 2. The van der Waals surface area contributed by atoms with Crippen molar-refractivity contribution in [3.63, 3.8) is 0 Å². The first-order valence-corrected chi connectivity index (χ1v) is 7.67. The Bertz CT molecular complexity index is 661. The van der Waals surface area contributed by atoms with E-state index in [-0.39, 0.29) is 18.0 Å². The number of nitrogens with one attached hydrogen (secondary N) is 1. The molecule has 1 aliphatic heterocycles. The number of piperidine rings is 1. The van der Waals surface area contributed by atoms with Crippen LogP contribution in [0.15, 0.2) is 40.8 Å². The Labute approximate surface area is 133 Å². The monoisotopic (exact) mass is 318 g/mol. The highest BCUT2D eigenvalue weighted by atomic mass is 19.1. The maximum atomic E-state index is 12.9. The molecular weight excluding hydrogens is 299 g/mol.